The molecule has 7 heteroatoms. The van der Waals surface area contributed by atoms with Gasteiger partial charge in [0.1, 0.15) is 11.4 Å². The van der Waals surface area contributed by atoms with Gasteiger partial charge in [-0.3, -0.25) is 14.7 Å². The SMILES string of the molecule is CNC(=O)[C@H](C#N)C(=O)c1[nH]nc(-c2ccccc2)c1Br. The number of benzene rings is 1. The molecule has 0 fully saturated rings. The van der Waals surface area contributed by atoms with E-state index in [-0.39, 0.29) is 5.69 Å². The van der Waals surface area contributed by atoms with Crippen LogP contribution in [-0.4, -0.2) is 28.9 Å². The van der Waals surface area contributed by atoms with Crippen molar-refractivity contribution >= 4 is 27.6 Å². The van der Waals surface area contributed by atoms with Crippen LogP contribution in [0.2, 0.25) is 0 Å². The van der Waals surface area contributed by atoms with E-state index in [1.807, 2.05) is 30.3 Å². The number of H-pyrrole nitrogens is 1. The molecule has 0 aliphatic carbocycles. The number of aromatic amines is 1. The first-order chi connectivity index (χ1) is 10.1. The van der Waals surface area contributed by atoms with E-state index < -0.39 is 17.6 Å². The normalized spacial score (nSPS) is 11.5. The van der Waals surface area contributed by atoms with Crippen LogP contribution in [0.3, 0.4) is 0 Å². The molecule has 106 valence electrons. The van der Waals surface area contributed by atoms with Crippen LogP contribution < -0.4 is 5.32 Å². The molecule has 0 unspecified atom stereocenters. The Labute approximate surface area is 129 Å². The molecule has 0 aliphatic rings. The minimum Gasteiger partial charge on any atom is -0.358 e. The number of carbonyl (C=O) groups is 2. The molecule has 21 heavy (non-hydrogen) atoms. The van der Waals surface area contributed by atoms with Gasteiger partial charge in [-0.05, 0) is 15.9 Å². The van der Waals surface area contributed by atoms with Gasteiger partial charge >= 0.3 is 0 Å². The quantitative estimate of drug-likeness (QED) is 0.652. The molecule has 1 aromatic heterocycles. The Balaban J connectivity index is 2.39. The molecule has 2 N–H and O–H groups in total. The molecular weight excluding hydrogens is 336 g/mol. The first-order valence-corrected chi connectivity index (χ1v) is 6.84. The summed E-state index contributed by atoms with van der Waals surface area (Å²) in [7, 11) is 1.37. The molecule has 6 nitrogen and oxygen atoms in total. The number of ketones is 1. The van der Waals surface area contributed by atoms with E-state index in [0.717, 1.165) is 5.56 Å². The maximum absolute atomic E-state index is 12.3. The van der Waals surface area contributed by atoms with Crippen molar-refractivity contribution in [3.63, 3.8) is 0 Å². The van der Waals surface area contributed by atoms with Crippen molar-refractivity contribution in [1.82, 2.24) is 15.5 Å². The molecule has 0 saturated heterocycles. The van der Waals surface area contributed by atoms with Gasteiger partial charge in [-0.1, -0.05) is 30.3 Å². The summed E-state index contributed by atoms with van der Waals surface area (Å²) >= 11 is 3.30. The predicted octanol–water partition coefficient (Wildman–Crippen LogP) is 1.91. The van der Waals surface area contributed by atoms with Crippen molar-refractivity contribution in [3.05, 3.63) is 40.5 Å². The summed E-state index contributed by atoms with van der Waals surface area (Å²) in [6.45, 7) is 0. The average molecular weight is 347 g/mol. The lowest BCUT2D eigenvalue weighted by Gasteiger charge is -2.05. The molecule has 1 aromatic carbocycles. The number of carbonyl (C=O) groups excluding carboxylic acids is 2. The summed E-state index contributed by atoms with van der Waals surface area (Å²) in [6.07, 6.45) is 0. The number of halogens is 1. The minimum atomic E-state index is -1.41. The third kappa shape index (κ3) is 2.85. The van der Waals surface area contributed by atoms with Gasteiger partial charge in [0.15, 0.2) is 5.92 Å². The number of aromatic nitrogens is 2. The third-order valence-electron chi connectivity index (χ3n) is 2.90. The van der Waals surface area contributed by atoms with Gasteiger partial charge in [0, 0.05) is 12.6 Å². The van der Waals surface area contributed by atoms with Crippen LogP contribution in [0.1, 0.15) is 10.5 Å². The highest BCUT2D eigenvalue weighted by atomic mass is 79.9. The fourth-order valence-corrected chi connectivity index (χ4v) is 2.41. The van der Waals surface area contributed by atoms with E-state index in [9.17, 15) is 9.59 Å². The summed E-state index contributed by atoms with van der Waals surface area (Å²) in [5.74, 6) is -2.68. The third-order valence-corrected chi connectivity index (χ3v) is 3.67. The number of rotatable bonds is 4. The number of hydrogen-bond acceptors (Lipinski definition) is 4. The van der Waals surface area contributed by atoms with Crippen molar-refractivity contribution in [3.8, 4) is 17.3 Å². The van der Waals surface area contributed by atoms with Crippen molar-refractivity contribution < 1.29 is 9.59 Å². The van der Waals surface area contributed by atoms with Gasteiger partial charge in [-0.2, -0.15) is 10.4 Å². The maximum Gasteiger partial charge on any atom is 0.245 e. The van der Waals surface area contributed by atoms with Gasteiger partial charge < -0.3 is 5.32 Å². The summed E-state index contributed by atoms with van der Waals surface area (Å²) in [6, 6.07) is 10.9. The Kier molecular flexibility index (Phi) is 4.50. The fraction of sp³-hybridized carbons (Fsp3) is 0.143. The van der Waals surface area contributed by atoms with Crippen LogP contribution in [-0.2, 0) is 4.79 Å². The standard InChI is InChI=1S/C14H11BrN4O2/c1-17-14(21)9(7-16)13(20)12-10(15)11(18-19-12)8-5-3-2-4-6-8/h2-6,9H,1H3,(H,17,21)(H,18,19)/t9-/m1/s1. The summed E-state index contributed by atoms with van der Waals surface area (Å²) < 4.78 is 0.433. The Hall–Kier alpha value is -2.46. The maximum atomic E-state index is 12.3. The van der Waals surface area contributed by atoms with E-state index in [1.54, 1.807) is 6.07 Å². The molecule has 0 spiro atoms. The monoisotopic (exact) mass is 346 g/mol. The number of nitriles is 1. The molecule has 1 atom stereocenters. The zero-order valence-electron chi connectivity index (χ0n) is 11.1. The van der Waals surface area contributed by atoms with E-state index >= 15 is 0 Å². The lowest BCUT2D eigenvalue weighted by Crippen LogP contribution is -2.32. The number of Topliss-reactive ketones (excluding diaryl/α,β-unsaturated/α-hetero) is 1. The summed E-state index contributed by atoms with van der Waals surface area (Å²) in [5, 5.41) is 17.9. The van der Waals surface area contributed by atoms with Crippen LogP contribution in [0.5, 0.6) is 0 Å². The van der Waals surface area contributed by atoms with Crippen molar-refractivity contribution in [1.29, 1.82) is 5.26 Å². The van der Waals surface area contributed by atoms with Gasteiger partial charge in [0.25, 0.3) is 0 Å². The van der Waals surface area contributed by atoms with Crippen LogP contribution in [0.4, 0.5) is 0 Å². The molecule has 0 saturated carbocycles. The number of hydrogen-bond donors (Lipinski definition) is 2. The van der Waals surface area contributed by atoms with Gasteiger partial charge in [0.05, 0.1) is 10.5 Å². The van der Waals surface area contributed by atoms with Crippen molar-refractivity contribution in [2.24, 2.45) is 5.92 Å². The molecule has 2 aromatic rings. The zero-order valence-corrected chi connectivity index (χ0v) is 12.6. The number of amides is 1. The van der Waals surface area contributed by atoms with Crippen LogP contribution in [0.15, 0.2) is 34.8 Å². The Bertz CT molecular complexity index is 718. The van der Waals surface area contributed by atoms with Gasteiger partial charge in [-0.15, -0.1) is 0 Å². The average Bonchev–Trinajstić information content (AvgIpc) is 2.90. The van der Waals surface area contributed by atoms with Crippen LogP contribution in [0.25, 0.3) is 11.3 Å². The molecular formula is C14H11BrN4O2. The highest BCUT2D eigenvalue weighted by Gasteiger charge is 2.30. The smallest absolute Gasteiger partial charge is 0.245 e. The molecule has 0 radical (unpaired) electrons. The molecule has 0 aliphatic heterocycles. The summed E-state index contributed by atoms with van der Waals surface area (Å²) in [4.78, 5) is 23.8. The second-order valence-electron chi connectivity index (χ2n) is 4.17. The largest absolute Gasteiger partial charge is 0.358 e. The van der Waals surface area contributed by atoms with Crippen molar-refractivity contribution in [2.75, 3.05) is 7.05 Å². The first kappa shape index (κ1) is 14.9. The molecule has 2 rings (SSSR count). The number of nitrogens with one attached hydrogen (secondary N) is 2. The highest BCUT2D eigenvalue weighted by molar-refractivity contribution is 9.10. The Morgan fingerprint density at radius 2 is 2.05 bits per heavy atom. The van der Waals surface area contributed by atoms with Gasteiger partial charge in [0.2, 0.25) is 11.7 Å². The van der Waals surface area contributed by atoms with Crippen LogP contribution in [0, 0.1) is 17.2 Å². The van der Waals surface area contributed by atoms with E-state index in [1.165, 1.54) is 7.05 Å². The van der Waals surface area contributed by atoms with E-state index in [4.69, 9.17) is 5.26 Å². The second kappa shape index (κ2) is 6.33. The minimum absolute atomic E-state index is 0.101. The number of nitrogens with zero attached hydrogens (tertiary/aromatic N) is 2. The molecule has 0 bridgehead atoms. The zero-order chi connectivity index (χ0) is 15.4. The Morgan fingerprint density at radius 1 is 1.38 bits per heavy atom. The summed E-state index contributed by atoms with van der Waals surface area (Å²) in [5.41, 5.74) is 1.46. The topological polar surface area (TPSA) is 98.6 Å². The lowest BCUT2D eigenvalue weighted by molar-refractivity contribution is -0.121. The fourth-order valence-electron chi connectivity index (χ4n) is 1.80. The van der Waals surface area contributed by atoms with Gasteiger partial charge in [-0.25, -0.2) is 0 Å². The highest BCUT2D eigenvalue weighted by Crippen LogP contribution is 2.29. The van der Waals surface area contributed by atoms with Crippen LogP contribution >= 0.6 is 15.9 Å². The molecule has 1 amide bonds. The molecule has 1 heterocycles. The van der Waals surface area contributed by atoms with E-state index in [0.29, 0.717) is 10.2 Å². The van der Waals surface area contributed by atoms with E-state index in [2.05, 4.69) is 31.4 Å². The predicted molar refractivity (Wildman–Crippen MR) is 79.2 cm³/mol. The lowest BCUT2D eigenvalue weighted by atomic mass is 10.0. The first-order valence-electron chi connectivity index (χ1n) is 6.04. The second-order valence-corrected chi connectivity index (χ2v) is 4.96. The Morgan fingerprint density at radius 3 is 2.62 bits per heavy atom. The van der Waals surface area contributed by atoms with Crippen molar-refractivity contribution in [2.45, 2.75) is 0 Å².